The number of hydrogen-bond donors (Lipinski definition) is 2. The first-order chi connectivity index (χ1) is 17.0. The summed E-state index contributed by atoms with van der Waals surface area (Å²) in [6, 6.07) is 14.5. The number of aromatic nitrogens is 1. The lowest BCUT2D eigenvalue weighted by atomic mass is 9.88. The molecule has 2 aliphatic rings. The molecule has 7 nitrogen and oxygen atoms in total. The normalized spacial score (nSPS) is 19.9. The fraction of sp³-hybridized carbons (Fsp3) is 0.481. The third-order valence-electron chi connectivity index (χ3n) is 6.91. The maximum atomic E-state index is 12.7. The van der Waals surface area contributed by atoms with Crippen molar-refractivity contribution < 1.29 is 14.6 Å². The van der Waals surface area contributed by atoms with E-state index in [0.29, 0.717) is 13.1 Å². The highest BCUT2D eigenvalue weighted by molar-refractivity contribution is 7.18. The molecule has 2 atom stereocenters. The van der Waals surface area contributed by atoms with Crippen LogP contribution in [0.25, 0.3) is 10.2 Å². The van der Waals surface area contributed by atoms with E-state index < -0.39 is 6.10 Å². The molecule has 2 N–H and O–H groups in total. The predicted molar refractivity (Wildman–Crippen MR) is 139 cm³/mol. The van der Waals surface area contributed by atoms with Crippen molar-refractivity contribution in [2.24, 2.45) is 0 Å². The topological polar surface area (TPSA) is 77.9 Å². The second kappa shape index (κ2) is 11.0. The fourth-order valence-corrected chi connectivity index (χ4v) is 5.94. The summed E-state index contributed by atoms with van der Waals surface area (Å²) in [5.74, 6) is 0.833. The predicted octanol–water partition coefficient (Wildman–Crippen LogP) is 3.16. The first kappa shape index (κ1) is 24.2. The summed E-state index contributed by atoms with van der Waals surface area (Å²) in [7, 11) is 0. The number of β-amino-alcohol motifs (C(OH)–C–C–N with tert-alkyl or cyclic N) is 1. The quantitative estimate of drug-likeness (QED) is 0.501. The first-order valence-electron chi connectivity index (χ1n) is 12.5. The van der Waals surface area contributed by atoms with Crippen molar-refractivity contribution in [1.29, 1.82) is 0 Å². The van der Waals surface area contributed by atoms with Crippen molar-refractivity contribution in [1.82, 2.24) is 20.1 Å². The van der Waals surface area contributed by atoms with Gasteiger partial charge in [-0.3, -0.25) is 14.6 Å². The minimum Gasteiger partial charge on any atom is -0.491 e. The van der Waals surface area contributed by atoms with Gasteiger partial charge >= 0.3 is 0 Å². The van der Waals surface area contributed by atoms with E-state index in [0.717, 1.165) is 66.4 Å². The Morgan fingerprint density at radius 2 is 2.00 bits per heavy atom. The third kappa shape index (κ3) is 6.19. The van der Waals surface area contributed by atoms with E-state index in [2.05, 4.69) is 44.4 Å². The number of thiazole rings is 1. The third-order valence-corrected chi connectivity index (χ3v) is 7.87. The molecule has 186 valence electrons. The summed E-state index contributed by atoms with van der Waals surface area (Å²) in [4.78, 5) is 21.7. The summed E-state index contributed by atoms with van der Waals surface area (Å²) in [6.07, 6.45) is 2.66. The number of aliphatic hydroxyl groups is 1. The van der Waals surface area contributed by atoms with Crippen LogP contribution in [-0.4, -0.2) is 77.8 Å². The van der Waals surface area contributed by atoms with E-state index in [4.69, 9.17) is 4.74 Å². The number of fused-ring (bicyclic) bond motifs is 2. The maximum absolute atomic E-state index is 12.7. The van der Waals surface area contributed by atoms with Gasteiger partial charge in [-0.05, 0) is 49.4 Å². The van der Waals surface area contributed by atoms with E-state index in [1.165, 1.54) is 11.1 Å². The van der Waals surface area contributed by atoms with Gasteiger partial charge in [-0.25, -0.2) is 4.98 Å². The molecule has 3 aromatic rings. The van der Waals surface area contributed by atoms with Crippen molar-refractivity contribution in [3.05, 3.63) is 58.6 Å². The number of carbonyl (C=O) groups is 1. The van der Waals surface area contributed by atoms with Crippen LogP contribution in [0, 0.1) is 6.92 Å². The molecule has 0 spiro atoms. The molecule has 2 aromatic carbocycles. The van der Waals surface area contributed by atoms with E-state index in [9.17, 15) is 9.90 Å². The zero-order valence-electron chi connectivity index (χ0n) is 20.3. The standard InChI is InChI=1S/C27H34N4O3S/c1-19-28-25-15-22(9-10-26(25)35-19)34-18-21(32)16-30-11-13-31(14-12-30)17-27(33)29-24-8-4-6-20-5-2-3-7-23(20)24/h2-3,5,7,9-10,15,21,24,32H,4,6,8,11-14,16-18H2,1H3,(H,29,33)/t21?,24-/m0/s1. The van der Waals surface area contributed by atoms with Crippen LogP contribution in [0.4, 0.5) is 0 Å². The fourth-order valence-electron chi connectivity index (χ4n) is 5.13. The van der Waals surface area contributed by atoms with E-state index >= 15 is 0 Å². The maximum Gasteiger partial charge on any atom is 0.234 e. The smallest absolute Gasteiger partial charge is 0.234 e. The van der Waals surface area contributed by atoms with Crippen molar-refractivity contribution in [2.45, 2.75) is 38.3 Å². The number of hydrogen-bond acceptors (Lipinski definition) is 7. The largest absolute Gasteiger partial charge is 0.491 e. The van der Waals surface area contributed by atoms with Gasteiger partial charge in [-0.1, -0.05) is 24.3 Å². The monoisotopic (exact) mass is 494 g/mol. The molecular weight excluding hydrogens is 460 g/mol. The van der Waals surface area contributed by atoms with E-state index in [1.807, 2.05) is 25.1 Å². The molecular formula is C27H34N4O3S. The van der Waals surface area contributed by atoms with Crippen LogP contribution >= 0.6 is 11.3 Å². The van der Waals surface area contributed by atoms with Crippen LogP contribution < -0.4 is 10.1 Å². The van der Waals surface area contributed by atoms with E-state index in [1.54, 1.807) is 11.3 Å². The number of aliphatic hydroxyl groups excluding tert-OH is 1. The molecule has 1 saturated heterocycles. The molecule has 0 radical (unpaired) electrons. The zero-order valence-corrected chi connectivity index (χ0v) is 21.1. The van der Waals surface area contributed by atoms with Crippen LogP contribution in [0.3, 0.4) is 0 Å². The molecule has 35 heavy (non-hydrogen) atoms. The second-order valence-corrected chi connectivity index (χ2v) is 10.8. The number of nitrogens with zero attached hydrogens (tertiary/aromatic N) is 3. The van der Waals surface area contributed by atoms with E-state index in [-0.39, 0.29) is 18.6 Å². The molecule has 1 fully saturated rings. The van der Waals surface area contributed by atoms with Crippen LogP contribution in [0.5, 0.6) is 5.75 Å². The SMILES string of the molecule is Cc1nc2cc(OCC(O)CN3CCN(CC(=O)N[C@H]4CCCc5ccccc54)CC3)ccc2s1. The van der Waals surface area contributed by atoms with Crippen LogP contribution in [0.15, 0.2) is 42.5 Å². The summed E-state index contributed by atoms with van der Waals surface area (Å²) in [5.41, 5.74) is 3.57. The lowest BCUT2D eigenvalue weighted by molar-refractivity contribution is -0.123. The number of aryl methyl sites for hydroxylation is 2. The number of rotatable bonds is 8. The lowest BCUT2D eigenvalue weighted by Gasteiger charge is -2.35. The van der Waals surface area contributed by atoms with Crippen LogP contribution in [0.1, 0.15) is 35.0 Å². The minimum atomic E-state index is -0.566. The van der Waals surface area contributed by atoms with Crippen LogP contribution in [0.2, 0.25) is 0 Å². The Balaban J connectivity index is 1.03. The van der Waals surface area contributed by atoms with Crippen molar-refractivity contribution in [3.8, 4) is 5.75 Å². The molecule has 2 heterocycles. The van der Waals surface area contributed by atoms with Gasteiger partial charge in [0.25, 0.3) is 0 Å². The summed E-state index contributed by atoms with van der Waals surface area (Å²) in [6.45, 7) is 6.55. The Bertz CT molecular complexity index is 1160. The Hall–Kier alpha value is -2.52. The molecule has 1 amide bonds. The Morgan fingerprint density at radius 3 is 2.86 bits per heavy atom. The summed E-state index contributed by atoms with van der Waals surface area (Å²) < 4.78 is 6.97. The minimum absolute atomic E-state index is 0.0980. The molecule has 8 heteroatoms. The number of nitrogens with one attached hydrogen (secondary N) is 1. The molecule has 5 rings (SSSR count). The number of carbonyl (C=O) groups excluding carboxylic acids is 1. The zero-order chi connectivity index (χ0) is 24.2. The molecule has 0 bridgehead atoms. The molecule has 1 unspecified atom stereocenters. The number of piperazine rings is 1. The van der Waals surface area contributed by atoms with Gasteiger partial charge in [-0.2, -0.15) is 0 Å². The van der Waals surface area contributed by atoms with Gasteiger partial charge < -0.3 is 15.2 Å². The average Bonchev–Trinajstić information content (AvgIpc) is 3.23. The Morgan fingerprint density at radius 1 is 1.20 bits per heavy atom. The lowest BCUT2D eigenvalue weighted by Crippen LogP contribution is -2.51. The van der Waals surface area contributed by atoms with Crippen LogP contribution in [-0.2, 0) is 11.2 Å². The first-order valence-corrected chi connectivity index (χ1v) is 13.3. The Labute approximate surface area is 210 Å². The highest BCUT2D eigenvalue weighted by Gasteiger charge is 2.24. The van der Waals surface area contributed by atoms with Gasteiger partial charge in [-0.15, -0.1) is 11.3 Å². The highest BCUT2D eigenvalue weighted by Crippen LogP contribution is 2.29. The van der Waals surface area contributed by atoms with Gasteiger partial charge in [0, 0.05) is 38.8 Å². The van der Waals surface area contributed by atoms with Crippen molar-refractivity contribution in [2.75, 3.05) is 45.9 Å². The number of amides is 1. The average molecular weight is 495 g/mol. The summed E-state index contributed by atoms with van der Waals surface area (Å²) in [5, 5.41) is 14.8. The highest BCUT2D eigenvalue weighted by atomic mass is 32.1. The van der Waals surface area contributed by atoms with Gasteiger partial charge in [0.2, 0.25) is 5.91 Å². The van der Waals surface area contributed by atoms with Gasteiger partial charge in [0.05, 0.1) is 27.8 Å². The number of benzene rings is 2. The molecule has 1 aliphatic heterocycles. The van der Waals surface area contributed by atoms with Crippen molar-refractivity contribution in [3.63, 3.8) is 0 Å². The van der Waals surface area contributed by atoms with Gasteiger partial charge in [0.15, 0.2) is 0 Å². The van der Waals surface area contributed by atoms with Gasteiger partial charge in [0.1, 0.15) is 18.5 Å². The molecule has 1 aromatic heterocycles. The number of ether oxygens (including phenoxy) is 1. The Kier molecular flexibility index (Phi) is 7.63. The molecule has 0 saturated carbocycles. The summed E-state index contributed by atoms with van der Waals surface area (Å²) >= 11 is 1.67. The second-order valence-electron chi connectivity index (χ2n) is 9.62. The van der Waals surface area contributed by atoms with Crippen molar-refractivity contribution >= 4 is 27.5 Å². The molecule has 1 aliphatic carbocycles.